The molecule has 1 aliphatic rings. The van der Waals surface area contributed by atoms with Crippen LogP contribution in [0.3, 0.4) is 0 Å². The molecular weight excluding hydrogens is 302 g/mol. The van der Waals surface area contributed by atoms with Gasteiger partial charge in [0.1, 0.15) is 0 Å². The number of rotatable bonds is 5. The van der Waals surface area contributed by atoms with Gasteiger partial charge in [0.05, 0.1) is 0 Å². The second-order valence-electron chi connectivity index (χ2n) is 7.34. The Morgan fingerprint density at radius 3 is 2.20 bits per heavy atom. The van der Waals surface area contributed by atoms with Crippen molar-refractivity contribution < 1.29 is 0 Å². The molecule has 0 spiro atoms. The Balaban J connectivity index is 1.55. The van der Waals surface area contributed by atoms with Crippen LogP contribution in [0.2, 0.25) is 0 Å². The monoisotopic (exact) mass is 327 g/mol. The number of hydrogen-bond acceptors (Lipinski definition) is 1. The maximum atomic E-state index is 2.48. The molecule has 0 bridgehead atoms. The Kier molecular flexibility index (Phi) is 4.31. The highest BCUT2D eigenvalue weighted by Crippen LogP contribution is 2.46. The van der Waals surface area contributed by atoms with Gasteiger partial charge in [0.15, 0.2) is 0 Å². The summed E-state index contributed by atoms with van der Waals surface area (Å²) in [6, 6.07) is 30.5. The molecule has 126 valence electrons. The van der Waals surface area contributed by atoms with Crippen molar-refractivity contribution in [2.24, 2.45) is 0 Å². The van der Waals surface area contributed by atoms with Crippen molar-refractivity contribution >= 4 is 11.4 Å². The van der Waals surface area contributed by atoms with Crippen LogP contribution in [0.15, 0.2) is 84.9 Å². The average molecular weight is 327 g/mol. The number of benzene rings is 3. The molecule has 4 rings (SSSR count). The highest BCUT2D eigenvalue weighted by atomic mass is 15.2. The van der Waals surface area contributed by atoms with Crippen LogP contribution < -0.4 is 4.90 Å². The summed E-state index contributed by atoms with van der Waals surface area (Å²) < 4.78 is 0. The fourth-order valence-corrected chi connectivity index (χ4v) is 4.12. The van der Waals surface area contributed by atoms with E-state index in [1.165, 1.54) is 35.3 Å². The highest BCUT2D eigenvalue weighted by Gasteiger charge is 2.38. The molecule has 1 atom stereocenters. The van der Waals surface area contributed by atoms with Crippen molar-refractivity contribution in [2.45, 2.75) is 31.6 Å². The minimum Gasteiger partial charge on any atom is -0.340 e. The molecule has 0 fully saturated rings. The van der Waals surface area contributed by atoms with Gasteiger partial charge in [-0.1, -0.05) is 73.7 Å². The van der Waals surface area contributed by atoms with Crippen molar-refractivity contribution in [3.05, 3.63) is 96.1 Å². The molecule has 0 saturated heterocycles. The normalized spacial score (nSPS) is 19.0. The molecular formula is C24H25N. The van der Waals surface area contributed by atoms with Crippen LogP contribution in [0.4, 0.5) is 11.4 Å². The summed E-state index contributed by atoms with van der Waals surface area (Å²) in [6.45, 7) is 3.49. The SMILES string of the molecule is CC1(CCCc2ccccc2)CN(c2ccccc2)c2ccccc21. The van der Waals surface area contributed by atoms with E-state index in [4.69, 9.17) is 0 Å². The summed E-state index contributed by atoms with van der Waals surface area (Å²) in [5, 5.41) is 0. The number of anilines is 2. The molecule has 1 nitrogen and oxygen atoms in total. The van der Waals surface area contributed by atoms with Gasteiger partial charge in [0.25, 0.3) is 0 Å². The molecule has 1 unspecified atom stereocenters. The lowest BCUT2D eigenvalue weighted by Crippen LogP contribution is -2.28. The second kappa shape index (κ2) is 6.76. The van der Waals surface area contributed by atoms with E-state index in [1.807, 2.05) is 0 Å². The number of hydrogen-bond donors (Lipinski definition) is 0. The van der Waals surface area contributed by atoms with Crippen molar-refractivity contribution in [3.63, 3.8) is 0 Å². The van der Waals surface area contributed by atoms with Gasteiger partial charge >= 0.3 is 0 Å². The summed E-state index contributed by atoms with van der Waals surface area (Å²) in [7, 11) is 0. The Labute approximate surface area is 150 Å². The summed E-state index contributed by atoms with van der Waals surface area (Å²) in [5.41, 5.74) is 5.81. The van der Waals surface area contributed by atoms with Crippen LogP contribution in [0.1, 0.15) is 30.9 Å². The largest absolute Gasteiger partial charge is 0.340 e. The fourth-order valence-electron chi connectivity index (χ4n) is 4.12. The third-order valence-corrected chi connectivity index (χ3v) is 5.46. The third kappa shape index (κ3) is 3.19. The van der Waals surface area contributed by atoms with E-state index in [0.717, 1.165) is 13.0 Å². The Bertz CT molecular complexity index is 825. The van der Waals surface area contributed by atoms with Gasteiger partial charge < -0.3 is 4.90 Å². The van der Waals surface area contributed by atoms with E-state index in [-0.39, 0.29) is 5.41 Å². The zero-order valence-electron chi connectivity index (χ0n) is 14.9. The van der Waals surface area contributed by atoms with E-state index in [1.54, 1.807) is 0 Å². The molecule has 1 aliphatic heterocycles. The molecule has 0 saturated carbocycles. The lowest BCUT2D eigenvalue weighted by Gasteiger charge is -2.26. The first-order valence-electron chi connectivity index (χ1n) is 9.22. The smallest absolute Gasteiger partial charge is 0.0449 e. The summed E-state index contributed by atoms with van der Waals surface area (Å²) in [4.78, 5) is 2.48. The fraction of sp³-hybridized carbons (Fsp3) is 0.250. The molecule has 1 heteroatoms. The third-order valence-electron chi connectivity index (χ3n) is 5.46. The number of aryl methyl sites for hydroxylation is 1. The van der Waals surface area contributed by atoms with Gasteiger partial charge in [-0.25, -0.2) is 0 Å². The van der Waals surface area contributed by atoms with Crippen LogP contribution in [-0.2, 0) is 11.8 Å². The Hall–Kier alpha value is -2.54. The summed E-state index contributed by atoms with van der Waals surface area (Å²) >= 11 is 0. The maximum absolute atomic E-state index is 2.48. The van der Waals surface area contributed by atoms with Crippen LogP contribution in [0.5, 0.6) is 0 Å². The van der Waals surface area contributed by atoms with E-state index in [9.17, 15) is 0 Å². The highest BCUT2D eigenvalue weighted by molar-refractivity contribution is 5.72. The molecule has 3 aromatic carbocycles. The maximum Gasteiger partial charge on any atom is 0.0449 e. The van der Waals surface area contributed by atoms with Crippen LogP contribution in [0.25, 0.3) is 0 Å². The first-order chi connectivity index (χ1) is 12.3. The van der Waals surface area contributed by atoms with E-state index < -0.39 is 0 Å². The minimum atomic E-state index is 0.210. The Morgan fingerprint density at radius 1 is 0.800 bits per heavy atom. The van der Waals surface area contributed by atoms with Crippen LogP contribution >= 0.6 is 0 Å². The minimum absolute atomic E-state index is 0.210. The summed E-state index contributed by atoms with van der Waals surface area (Å²) in [5.74, 6) is 0. The molecule has 0 amide bonds. The quantitative estimate of drug-likeness (QED) is 0.546. The number of para-hydroxylation sites is 2. The first-order valence-corrected chi connectivity index (χ1v) is 9.22. The molecule has 3 aromatic rings. The molecule has 1 heterocycles. The molecule has 0 aliphatic carbocycles. The Morgan fingerprint density at radius 2 is 1.44 bits per heavy atom. The van der Waals surface area contributed by atoms with Crippen LogP contribution in [-0.4, -0.2) is 6.54 Å². The van der Waals surface area contributed by atoms with Gasteiger partial charge in [-0.05, 0) is 48.6 Å². The van der Waals surface area contributed by atoms with Gasteiger partial charge in [0.2, 0.25) is 0 Å². The average Bonchev–Trinajstić information content (AvgIpc) is 2.97. The standard InChI is InChI=1S/C24H25N/c1-24(18-10-13-20-11-4-2-5-12-20)19-25(21-14-6-3-7-15-21)23-17-9-8-16-22(23)24/h2-9,11-12,14-17H,10,13,18-19H2,1H3. The molecule has 0 aromatic heterocycles. The first kappa shape index (κ1) is 16.0. The summed E-state index contributed by atoms with van der Waals surface area (Å²) in [6.07, 6.45) is 3.59. The van der Waals surface area contributed by atoms with E-state index in [0.29, 0.717) is 0 Å². The molecule has 25 heavy (non-hydrogen) atoms. The van der Waals surface area contributed by atoms with E-state index >= 15 is 0 Å². The zero-order valence-corrected chi connectivity index (χ0v) is 14.9. The van der Waals surface area contributed by atoms with Gasteiger partial charge in [-0.3, -0.25) is 0 Å². The van der Waals surface area contributed by atoms with Crippen molar-refractivity contribution in [1.29, 1.82) is 0 Å². The van der Waals surface area contributed by atoms with Crippen molar-refractivity contribution in [1.82, 2.24) is 0 Å². The number of fused-ring (bicyclic) bond motifs is 1. The molecule has 0 N–H and O–H groups in total. The van der Waals surface area contributed by atoms with E-state index in [2.05, 4.69) is 96.8 Å². The predicted octanol–water partition coefficient (Wildman–Crippen LogP) is 6.12. The van der Waals surface area contributed by atoms with Crippen LogP contribution in [0, 0.1) is 0 Å². The predicted molar refractivity (Wildman–Crippen MR) is 107 cm³/mol. The molecule has 0 radical (unpaired) electrons. The van der Waals surface area contributed by atoms with Crippen molar-refractivity contribution in [3.8, 4) is 0 Å². The lowest BCUT2D eigenvalue weighted by molar-refractivity contribution is 0.450. The second-order valence-corrected chi connectivity index (χ2v) is 7.34. The topological polar surface area (TPSA) is 3.24 Å². The van der Waals surface area contributed by atoms with Crippen molar-refractivity contribution in [2.75, 3.05) is 11.4 Å². The number of nitrogens with zero attached hydrogens (tertiary/aromatic N) is 1. The van der Waals surface area contributed by atoms with Gasteiger partial charge in [-0.15, -0.1) is 0 Å². The van der Waals surface area contributed by atoms with Gasteiger partial charge in [-0.2, -0.15) is 0 Å². The lowest BCUT2D eigenvalue weighted by atomic mass is 9.79. The zero-order chi connectivity index (χ0) is 17.1. The van der Waals surface area contributed by atoms with Gasteiger partial charge in [0, 0.05) is 23.3 Å².